The third kappa shape index (κ3) is 1.78. The lowest BCUT2D eigenvalue weighted by Gasteiger charge is -2.03. The third-order valence-corrected chi connectivity index (χ3v) is 2.22. The fraction of sp³-hybridized carbons (Fsp3) is 0.100. The Morgan fingerprint density at radius 2 is 2.18 bits per heavy atom. The Kier molecular flexibility index (Phi) is 2.14. The van der Waals surface area contributed by atoms with Gasteiger partial charge in [-0.05, 0) is 17.3 Å². The van der Waals surface area contributed by atoms with E-state index in [1.807, 2.05) is 0 Å². The van der Waals surface area contributed by atoms with Crippen molar-refractivity contribution in [3.63, 3.8) is 0 Å². The van der Waals surface area contributed by atoms with Crippen LogP contribution >= 0.6 is 0 Å². The molecule has 17 heavy (non-hydrogen) atoms. The van der Waals surface area contributed by atoms with Gasteiger partial charge < -0.3 is 14.8 Å². The minimum atomic E-state index is -0.398. The van der Waals surface area contributed by atoms with E-state index in [2.05, 4.69) is 20.3 Å². The van der Waals surface area contributed by atoms with Crippen molar-refractivity contribution in [1.29, 1.82) is 0 Å². The maximum atomic E-state index is 11.6. The predicted molar refractivity (Wildman–Crippen MR) is 54.8 cm³/mol. The number of hydrogen-bond acceptors (Lipinski definition) is 6. The van der Waals surface area contributed by atoms with Gasteiger partial charge in [0.2, 0.25) is 6.79 Å². The molecule has 0 unspecified atom stereocenters. The van der Waals surface area contributed by atoms with E-state index in [1.54, 1.807) is 18.2 Å². The second-order valence-corrected chi connectivity index (χ2v) is 3.31. The van der Waals surface area contributed by atoms with Gasteiger partial charge in [0, 0.05) is 11.8 Å². The Morgan fingerprint density at radius 3 is 3.00 bits per heavy atom. The lowest BCUT2D eigenvalue weighted by Crippen LogP contribution is -2.12. The summed E-state index contributed by atoms with van der Waals surface area (Å²) in [6, 6.07) is 5.10. The van der Waals surface area contributed by atoms with Crippen molar-refractivity contribution in [3.8, 4) is 11.5 Å². The SMILES string of the molecule is O=C(Nc1ccc2c(c1)OCO2)c1cnon1. The first-order valence-electron chi connectivity index (χ1n) is 4.81. The van der Waals surface area contributed by atoms with Crippen molar-refractivity contribution in [2.24, 2.45) is 0 Å². The molecule has 0 aliphatic carbocycles. The van der Waals surface area contributed by atoms with Crippen LogP contribution in [0.1, 0.15) is 10.5 Å². The largest absolute Gasteiger partial charge is 0.454 e. The van der Waals surface area contributed by atoms with Crippen molar-refractivity contribution in [3.05, 3.63) is 30.1 Å². The predicted octanol–water partition coefficient (Wildman–Crippen LogP) is 1.05. The van der Waals surface area contributed by atoms with Crippen LogP contribution in [0, 0.1) is 0 Å². The molecule has 0 atom stereocenters. The van der Waals surface area contributed by atoms with E-state index in [-0.39, 0.29) is 12.5 Å². The molecule has 7 heteroatoms. The van der Waals surface area contributed by atoms with Gasteiger partial charge in [-0.2, -0.15) is 0 Å². The summed E-state index contributed by atoms with van der Waals surface area (Å²) in [5.74, 6) is 0.859. The van der Waals surface area contributed by atoms with Crippen LogP contribution in [0.3, 0.4) is 0 Å². The van der Waals surface area contributed by atoms with Gasteiger partial charge in [0.15, 0.2) is 17.2 Å². The van der Waals surface area contributed by atoms with Gasteiger partial charge in [-0.25, -0.2) is 4.63 Å². The molecule has 0 spiro atoms. The van der Waals surface area contributed by atoms with Crippen LogP contribution in [0.25, 0.3) is 0 Å². The highest BCUT2D eigenvalue weighted by Crippen LogP contribution is 2.34. The normalized spacial score (nSPS) is 12.5. The Morgan fingerprint density at radius 1 is 1.29 bits per heavy atom. The number of hydrogen-bond donors (Lipinski definition) is 1. The van der Waals surface area contributed by atoms with E-state index < -0.39 is 5.91 Å². The number of fused-ring (bicyclic) bond motifs is 1. The minimum Gasteiger partial charge on any atom is -0.454 e. The second kappa shape index (κ2) is 3.78. The molecule has 2 aromatic rings. The van der Waals surface area contributed by atoms with Crippen LogP contribution in [-0.2, 0) is 0 Å². The van der Waals surface area contributed by atoms with Crippen LogP contribution in [0.15, 0.2) is 29.0 Å². The number of ether oxygens (including phenoxy) is 2. The first-order valence-corrected chi connectivity index (χ1v) is 4.81. The zero-order valence-electron chi connectivity index (χ0n) is 8.54. The van der Waals surface area contributed by atoms with Gasteiger partial charge in [-0.1, -0.05) is 5.16 Å². The average molecular weight is 233 g/mol. The van der Waals surface area contributed by atoms with Gasteiger partial charge >= 0.3 is 0 Å². The lowest BCUT2D eigenvalue weighted by atomic mass is 10.2. The van der Waals surface area contributed by atoms with Gasteiger partial charge in [0.1, 0.15) is 6.20 Å². The average Bonchev–Trinajstić information content (AvgIpc) is 2.99. The van der Waals surface area contributed by atoms with Crippen molar-refractivity contribution in [1.82, 2.24) is 10.3 Å². The Hall–Kier alpha value is -2.57. The molecule has 3 rings (SSSR count). The molecule has 2 heterocycles. The summed E-state index contributed by atoms with van der Waals surface area (Å²) in [7, 11) is 0. The molecule has 0 saturated carbocycles. The smallest absolute Gasteiger partial charge is 0.279 e. The molecule has 1 aromatic heterocycles. The Balaban J connectivity index is 1.80. The van der Waals surface area contributed by atoms with Crippen LogP contribution in [0.2, 0.25) is 0 Å². The molecule has 7 nitrogen and oxygen atoms in total. The van der Waals surface area contributed by atoms with Crippen molar-refractivity contribution in [2.45, 2.75) is 0 Å². The van der Waals surface area contributed by atoms with Crippen molar-refractivity contribution in [2.75, 3.05) is 12.1 Å². The summed E-state index contributed by atoms with van der Waals surface area (Å²) in [5.41, 5.74) is 0.699. The first-order chi connectivity index (χ1) is 8.33. The summed E-state index contributed by atoms with van der Waals surface area (Å²) in [5, 5.41) is 9.42. The minimum absolute atomic E-state index is 0.114. The van der Waals surface area contributed by atoms with Crippen LogP contribution in [-0.4, -0.2) is 23.0 Å². The number of anilines is 1. The maximum Gasteiger partial charge on any atom is 0.279 e. The molecule has 0 saturated heterocycles. The Labute approximate surface area is 95.3 Å². The fourth-order valence-electron chi connectivity index (χ4n) is 1.43. The number of nitrogens with zero attached hydrogens (tertiary/aromatic N) is 2. The molecule has 1 amide bonds. The molecule has 0 bridgehead atoms. The number of amides is 1. The number of benzene rings is 1. The monoisotopic (exact) mass is 233 g/mol. The van der Waals surface area contributed by atoms with E-state index in [0.29, 0.717) is 17.2 Å². The topological polar surface area (TPSA) is 86.5 Å². The highest BCUT2D eigenvalue weighted by molar-refractivity contribution is 6.02. The number of carbonyl (C=O) groups is 1. The van der Waals surface area contributed by atoms with E-state index in [1.165, 1.54) is 6.20 Å². The van der Waals surface area contributed by atoms with Crippen molar-refractivity contribution < 1.29 is 18.9 Å². The summed E-state index contributed by atoms with van der Waals surface area (Å²) < 4.78 is 14.7. The number of carbonyl (C=O) groups excluding carboxylic acids is 1. The second-order valence-electron chi connectivity index (χ2n) is 3.31. The zero-order chi connectivity index (χ0) is 11.7. The quantitative estimate of drug-likeness (QED) is 0.834. The van der Waals surface area contributed by atoms with E-state index in [0.717, 1.165) is 0 Å². The molecular weight excluding hydrogens is 226 g/mol. The molecule has 1 N–H and O–H groups in total. The van der Waals surface area contributed by atoms with E-state index in [4.69, 9.17) is 9.47 Å². The van der Waals surface area contributed by atoms with Crippen LogP contribution < -0.4 is 14.8 Å². The third-order valence-electron chi connectivity index (χ3n) is 2.22. The summed E-state index contributed by atoms with van der Waals surface area (Å²) in [6.07, 6.45) is 1.24. The number of aromatic nitrogens is 2. The zero-order valence-corrected chi connectivity index (χ0v) is 8.54. The molecule has 1 aliphatic heterocycles. The highest BCUT2D eigenvalue weighted by atomic mass is 16.7. The lowest BCUT2D eigenvalue weighted by molar-refractivity contribution is 0.101. The molecule has 0 radical (unpaired) electrons. The van der Waals surface area contributed by atoms with Crippen LogP contribution in [0.5, 0.6) is 11.5 Å². The Bertz CT molecular complexity index is 553. The summed E-state index contributed by atoms with van der Waals surface area (Å²) >= 11 is 0. The van der Waals surface area contributed by atoms with Gasteiger partial charge in [0.25, 0.3) is 5.91 Å². The molecular formula is C10H7N3O4. The number of rotatable bonds is 2. The summed E-state index contributed by atoms with van der Waals surface area (Å²) in [6.45, 7) is 0.194. The molecule has 1 aromatic carbocycles. The first kappa shape index (κ1) is 9.64. The van der Waals surface area contributed by atoms with Gasteiger partial charge in [0.05, 0.1) is 0 Å². The van der Waals surface area contributed by atoms with Crippen molar-refractivity contribution >= 4 is 11.6 Å². The molecule has 1 aliphatic rings. The molecule has 0 fully saturated rings. The number of nitrogens with one attached hydrogen (secondary N) is 1. The van der Waals surface area contributed by atoms with Gasteiger partial charge in [-0.15, -0.1) is 0 Å². The van der Waals surface area contributed by atoms with Gasteiger partial charge in [-0.3, -0.25) is 4.79 Å². The standard InChI is InChI=1S/C10H7N3O4/c14-10(7-4-11-17-13-7)12-6-1-2-8-9(3-6)16-5-15-8/h1-4H,5H2,(H,12,14). The summed E-state index contributed by atoms with van der Waals surface area (Å²) in [4.78, 5) is 11.6. The van der Waals surface area contributed by atoms with Crippen LogP contribution in [0.4, 0.5) is 5.69 Å². The van der Waals surface area contributed by atoms with E-state index in [9.17, 15) is 4.79 Å². The molecule has 86 valence electrons. The maximum absolute atomic E-state index is 11.6. The highest BCUT2D eigenvalue weighted by Gasteiger charge is 2.15. The van der Waals surface area contributed by atoms with E-state index >= 15 is 0 Å². The fourth-order valence-corrected chi connectivity index (χ4v) is 1.43.